The molecular weight excluding hydrogens is 200 g/mol. The monoisotopic (exact) mass is 222 g/mol. The van der Waals surface area contributed by atoms with Crippen LogP contribution < -0.4 is 0 Å². The van der Waals surface area contributed by atoms with Gasteiger partial charge in [-0.25, -0.2) is 0 Å². The van der Waals surface area contributed by atoms with Crippen molar-refractivity contribution in [3.8, 4) is 0 Å². The molecule has 0 amide bonds. The van der Waals surface area contributed by atoms with E-state index in [4.69, 9.17) is 5.11 Å². The topological polar surface area (TPSA) is 37.3 Å². The van der Waals surface area contributed by atoms with Crippen LogP contribution in [-0.4, -0.2) is 11.1 Å². The third-order valence-electron chi connectivity index (χ3n) is 4.57. The molecule has 1 saturated carbocycles. The van der Waals surface area contributed by atoms with Crippen LogP contribution >= 0.6 is 0 Å². The van der Waals surface area contributed by atoms with Gasteiger partial charge >= 0.3 is 5.97 Å². The molecule has 2 nitrogen and oxygen atoms in total. The highest BCUT2D eigenvalue weighted by atomic mass is 16.4. The fraction of sp³-hybridized carbons (Fsp3) is 0.786. The molecule has 1 fully saturated rings. The van der Waals surface area contributed by atoms with E-state index in [1.807, 2.05) is 6.92 Å². The van der Waals surface area contributed by atoms with E-state index < -0.39 is 5.97 Å². The summed E-state index contributed by atoms with van der Waals surface area (Å²) < 4.78 is 0. The van der Waals surface area contributed by atoms with Gasteiger partial charge in [-0.1, -0.05) is 25.0 Å². The maximum Gasteiger partial charge on any atom is 0.306 e. The maximum atomic E-state index is 11.1. The molecule has 90 valence electrons. The van der Waals surface area contributed by atoms with Crippen LogP contribution in [0.3, 0.4) is 0 Å². The van der Waals surface area contributed by atoms with Gasteiger partial charge in [-0.2, -0.15) is 0 Å². The molecule has 0 aromatic carbocycles. The molecule has 2 aliphatic carbocycles. The van der Waals surface area contributed by atoms with Crippen molar-refractivity contribution in [3.05, 3.63) is 11.6 Å². The molecule has 2 aliphatic rings. The van der Waals surface area contributed by atoms with E-state index in [2.05, 4.69) is 13.0 Å². The van der Waals surface area contributed by atoms with Crippen molar-refractivity contribution in [2.75, 3.05) is 0 Å². The standard InChI is InChI=1S/C14H22O2/c1-9-6-7-11-4-3-5-12(13(11)8-9)10(2)14(15)16/h8,10-13H,3-7H2,1-2H3,(H,15,16)/t10-,11-,12?,13?/m1/s1. The van der Waals surface area contributed by atoms with Gasteiger partial charge in [0.25, 0.3) is 0 Å². The second-order valence-electron chi connectivity index (χ2n) is 5.61. The van der Waals surface area contributed by atoms with E-state index in [0.29, 0.717) is 11.8 Å². The second kappa shape index (κ2) is 4.60. The van der Waals surface area contributed by atoms with Crippen molar-refractivity contribution in [2.24, 2.45) is 23.7 Å². The molecule has 2 heteroatoms. The zero-order valence-electron chi connectivity index (χ0n) is 10.3. The Morgan fingerprint density at radius 2 is 2.19 bits per heavy atom. The van der Waals surface area contributed by atoms with Crippen molar-refractivity contribution < 1.29 is 9.90 Å². The minimum absolute atomic E-state index is 0.185. The molecule has 0 saturated heterocycles. The van der Waals surface area contributed by atoms with E-state index in [0.717, 1.165) is 12.3 Å². The summed E-state index contributed by atoms with van der Waals surface area (Å²) in [4.78, 5) is 11.1. The summed E-state index contributed by atoms with van der Waals surface area (Å²) in [5.41, 5.74) is 1.46. The minimum Gasteiger partial charge on any atom is -0.481 e. The van der Waals surface area contributed by atoms with Gasteiger partial charge in [0.1, 0.15) is 0 Å². The Hall–Kier alpha value is -0.790. The molecule has 0 aromatic heterocycles. The van der Waals surface area contributed by atoms with Gasteiger partial charge in [-0.15, -0.1) is 0 Å². The lowest BCUT2D eigenvalue weighted by Crippen LogP contribution is -2.35. The van der Waals surface area contributed by atoms with Crippen LogP contribution in [-0.2, 0) is 4.79 Å². The number of hydrogen-bond donors (Lipinski definition) is 1. The molecule has 1 N–H and O–H groups in total. The molecule has 2 rings (SSSR count). The van der Waals surface area contributed by atoms with Crippen molar-refractivity contribution >= 4 is 5.97 Å². The van der Waals surface area contributed by atoms with E-state index >= 15 is 0 Å². The zero-order valence-corrected chi connectivity index (χ0v) is 10.3. The largest absolute Gasteiger partial charge is 0.481 e. The molecule has 0 aromatic rings. The van der Waals surface area contributed by atoms with Crippen LogP contribution in [0.1, 0.15) is 46.0 Å². The average Bonchev–Trinajstić information content (AvgIpc) is 2.27. The normalized spacial score (nSPS) is 36.1. The van der Waals surface area contributed by atoms with E-state index in [9.17, 15) is 4.79 Å². The summed E-state index contributed by atoms with van der Waals surface area (Å²) in [7, 11) is 0. The van der Waals surface area contributed by atoms with Gasteiger partial charge in [0, 0.05) is 0 Å². The molecular formula is C14H22O2. The number of carboxylic acids is 1. The molecule has 0 heterocycles. The molecule has 0 spiro atoms. The molecule has 0 aliphatic heterocycles. The lowest BCUT2D eigenvalue weighted by Gasteiger charge is -2.41. The Morgan fingerprint density at radius 1 is 1.44 bits per heavy atom. The van der Waals surface area contributed by atoms with Crippen molar-refractivity contribution in [3.63, 3.8) is 0 Å². The van der Waals surface area contributed by atoms with E-state index in [1.54, 1.807) is 0 Å². The Kier molecular flexibility index (Phi) is 3.36. The van der Waals surface area contributed by atoms with Crippen molar-refractivity contribution in [1.29, 1.82) is 0 Å². The highest BCUT2D eigenvalue weighted by molar-refractivity contribution is 5.70. The fourth-order valence-electron chi connectivity index (χ4n) is 3.54. The quantitative estimate of drug-likeness (QED) is 0.726. The SMILES string of the molecule is CC1=CC2C([C@@H](C)C(=O)O)CCC[C@@H]2CC1. The predicted octanol–water partition coefficient (Wildman–Crippen LogP) is 3.48. The Balaban J connectivity index is 2.18. The first kappa shape index (κ1) is 11.7. The van der Waals surface area contributed by atoms with Crippen LogP contribution in [0, 0.1) is 23.7 Å². The minimum atomic E-state index is -0.623. The number of fused-ring (bicyclic) bond motifs is 1. The van der Waals surface area contributed by atoms with Crippen molar-refractivity contribution in [1.82, 2.24) is 0 Å². The molecule has 4 atom stereocenters. The summed E-state index contributed by atoms with van der Waals surface area (Å²) in [6.45, 7) is 4.07. The zero-order chi connectivity index (χ0) is 11.7. The van der Waals surface area contributed by atoms with E-state index in [-0.39, 0.29) is 5.92 Å². The molecule has 2 unspecified atom stereocenters. The van der Waals surface area contributed by atoms with E-state index in [1.165, 1.54) is 31.3 Å². The average molecular weight is 222 g/mol. The van der Waals surface area contributed by atoms with Crippen LogP contribution in [0.2, 0.25) is 0 Å². The number of hydrogen-bond acceptors (Lipinski definition) is 1. The first-order valence-electron chi connectivity index (χ1n) is 6.49. The van der Waals surface area contributed by atoms with Gasteiger partial charge in [0.15, 0.2) is 0 Å². The second-order valence-corrected chi connectivity index (χ2v) is 5.61. The van der Waals surface area contributed by atoms with Gasteiger partial charge in [0.2, 0.25) is 0 Å². The summed E-state index contributed by atoms with van der Waals surface area (Å²) >= 11 is 0. The summed E-state index contributed by atoms with van der Waals surface area (Å²) in [6, 6.07) is 0. The summed E-state index contributed by atoms with van der Waals surface area (Å²) in [5.74, 6) is 0.849. The lowest BCUT2D eigenvalue weighted by atomic mass is 9.63. The number of allylic oxidation sites excluding steroid dienone is 2. The maximum absolute atomic E-state index is 11.1. The van der Waals surface area contributed by atoms with Gasteiger partial charge in [-0.05, 0) is 50.4 Å². The van der Waals surface area contributed by atoms with Crippen molar-refractivity contribution in [2.45, 2.75) is 46.0 Å². The van der Waals surface area contributed by atoms with Gasteiger partial charge in [0.05, 0.1) is 5.92 Å². The van der Waals surface area contributed by atoms with Crippen LogP contribution in [0.4, 0.5) is 0 Å². The Morgan fingerprint density at radius 3 is 2.88 bits per heavy atom. The Bertz CT molecular complexity index is 306. The number of aliphatic carboxylic acids is 1. The highest BCUT2D eigenvalue weighted by Gasteiger charge is 2.38. The smallest absolute Gasteiger partial charge is 0.306 e. The van der Waals surface area contributed by atoms with Crippen LogP contribution in [0.5, 0.6) is 0 Å². The van der Waals surface area contributed by atoms with Gasteiger partial charge in [-0.3, -0.25) is 4.79 Å². The lowest BCUT2D eigenvalue weighted by molar-refractivity contribution is -0.144. The first-order valence-corrected chi connectivity index (χ1v) is 6.49. The van der Waals surface area contributed by atoms with Crippen LogP contribution in [0.15, 0.2) is 11.6 Å². The summed E-state index contributed by atoms with van der Waals surface area (Å²) in [5, 5.41) is 9.17. The number of rotatable bonds is 2. The highest BCUT2D eigenvalue weighted by Crippen LogP contribution is 2.45. The summed E-state index contributed by atoms with van der Waals surface area (Å²) in [6.07, 6.45) is 8.48. The number of carbonyl (C=O) groups is 1. The predicted molar refractivity (Wildman–Crippen MR) is 64.1 cm³/mol. The molecule has 0 radical (unpaired) electrons. The van der Waals surface area contributed by atoms with Gasteiger partial charge < -0.3 is 5.11 Å². The molecule has 16 heavy (non-hydrogen) atoms. The first-order chi connectivity index (χ1) is 7.59. The number of carboxylic acid groups (broad SMARTS) is 1. The third kappa shape index (κ3) is 2.16. The molecule has 0 bridgehead atoms. The fourth-order valence-corrected chi connectivity index (χ4v) is 3.54. The Labute approximate surface area is 97.7 Å². The van der Waals surface area contributed by atoms with Crippen LogP contribution in [0.25, 0.3) is 0 Å². The third-order valence-corrected chi connectivity index (χ3v) is 4.57.